The van der Waals surface area contributed by atoms with Crippen molar-refractivity contribution in [2.24, 2.45) is 5.73 Å². The second-order valence-corrected chi connectivity index (χ2v) is 4.48. The molecule has 0 atom stereocenters. The van der Waals surface area contributed by atoms with Gasteiger partial charge in [0.2, 0.25) is 0 Å². The van der Waals surface area contributed by atoms with Crippen LogP contribution in [0.5, 0.6) is 11.5 Å². The number of aliphatic hydroxyl groups is 1. The Bertz CT molecular complexity index is 638. The maximum absolute atomic E-state index is 13.8. The predicted molar refractivity (Wildman–Crippen MR) is 74.7 cm³/mol. The molecule has 0 unspecified atom stereocenters. The van der Waals surface area contributed by atoms with E-state index in [1.54, 1.807) is 12.1 Å². The van der Waals surface area contributed by atoms with Gasteiger partial charge in [0.1, 0.15) is 10.7 Å². The average Bonchev–Trinajstić information content (AvgIpc) is 2.42. The summed E-state index contributed by atoms with van der Waals surface area (Å²) in [4.78, 5) is -0.100. The van der Waals surface area contributed by atoms with Gasteiger partial charge < -0.3 is 15.6 Å². The van der Waals surface area contributed by atoms with Crippen molar-refractivity contribution in [1.82, 2.24) is 0 Å². The van der Waals surface area contributed by atoms with Crippen LogP contribution in [-0.2, 0) is 6.61 Å². The minimum Gasteiger partial charge on any atom is -0.451 e. The van der Waals surface area contributed by atoms with Gasteiger partial charge in [-0.2, -0.15) is 0 Å². The van der Waals surface area contributed by atoms with Gasteiger partial charge in [0, 0.05) is 5.56 Å². The number of nitrogens with two attached hydrogens (primary N) is 1. The van der Waals surface area contributed by atoms with Gasteiger partial charge in [-0.1, -0.05) is 24.4 Å². The van der Waals surface area contributed by atoms with E-state index in [9.17, 15) is 8.78 Å². The van der Waals surface area contributed by atoms with E-state index in [1.807, 2.05) is 0 Å². The number of halogens is 2. The molecule has 3 N–H and O–H groups in total. The van der Waals surface area contributed by atoms with Crippen LogP contribution in [0.2, 0.25) is 0 Å². The van der Waals surface area contributed by atoms with Gasteiger partial charge in [-0.3, -0.25) is 0 Å². The first-order chi connectivity index (χ1) is 9.51. The number of hydrogen-bond donors (Lipinski definition) is 2. The van der Waals surface area contributed by atoms with E-state index in [4.69, 9.17) is 15.6 Å². The van der Waals surface area contributed by atoms with Crippen LogP contribution in [0, 0.1) is 11.6 Å². The maximum Gasteiger partial charge on any atom is 0.198 e. The molecule has 0 bridgehead atoms. The van der Waals surface area contributed by atoms with Crippen molar-refractivity contribution in [3.63, 3.8) is 0 Å². The van der Waals surface area contributed by atoms with Gasteiger partial charge in [-0.15, -0.1) is 0 Å². The summed E-state index contributed by atoms with van der Waals surface area (Å²) in [6, 6.07) is 8.31. The zero-order chi connectivity index (χ0) is 14.7. The van der Waals surface area contributed by atoms with Crippen molar-refractivity contribution in [3.05, 3.63) is 59.2 Å². The van der Waals surface area contributed by atoms with Crippen LogP contribution in [0.1, 0.15) is 11.1 Å². The highest BCUT2D eigenvalue weighted by molar-refractivity contribution is 7.80. The lowest BCUT2D eigenvalue weighted by Crippen LogP contribution is -2.10. The predicted octanol–water partition coefficient (Wildman–Crippen LogP) is 2.88. The van der Waals surface area contributed by atoms with E-state index >= 15 is 0 Å². The highest BCUT2D eigenvalue weighted by Crippen LogP contribution is 2.29. The Morgan fingerprint density at radius 2 is 1.85 bits per heavy atom. The van der Waals surface area contributed by atoms with Gasteiger partial charge >= 0.3 is 0 Å². The standard InChI is InChI=1S/C14H11F2NO2S/c15-11-5-9(14(17)20)6-12(16)13(11)19-10-3-1-2-8(4-10)7-18/h1-6,18H,7H2,(H2,17,20). The highest BCUT2D eigenvalue weighted by atomic mass is 32.1. The number of rotatable bonds is 4. The molecule has 0 saturated carbocycles. The number of hydrogen-bond acceptors (Lipinski definition) is 3. The lowest BCUT2D eigenvalue weighted by atomic mass is 10.2. The SMILES string of the molecule is NC(=S)c1cc(F)c(Oc2cccc(CO)c2)c(F)c1. The zero-order valence-electron chi connectivity index (χ0n) is 10.3. The second-order valence-electron chi connectivity index (χ2n) is 4.04. The van der Waals surface area contributed by atoms with E-state index in [0.29, 0.717) is 5.56 Å². The Hall–Kier alpha value is -2.05. The third-order valence-corrected chi connectivity index (χ3v) is 2.82. The summed E-state index contributed by atoms with van der Waals surface area (Å²) in [5.41, 5.74) is 5.98. The lowest BCUT2D eigenvalue weighted by Gasteiger charge is -2.10. The van der Waals surface area contributed by atoms with Crippen LogP contribution >= 0.6 is 12.2 Å². The summed E-state index contributed by atoms with van der Waals surface area (Å²) in [6.07, 6.45) is 0. The molecule has 2 aromatic carbocycles. The normalized spacial score (nSPS) is 10.3. The molecule has 0 aliphatic carbocycles. The molecular formula is C14H11F2NO2S. The van der Waals surface area contributed by atoms with Crippen molar-refractivity contribution in [1.29, 1.82) is 0 Å². The Kier molecular flexibility index (Phi) is 4.26. The van der Waals surface area contributed by atoms with Crippen molar-refractivity contribution in [2.45, 2.75) is 6.61 Å². The number of ether oxygens (including phenoxy) is 1. The van der Waals surface area contributed by atoms with Gasteiger partial charge in [0.05, 0.1) is 6.61 Å². The largest absolute Gasteiger partial charge is 0.451 e. The molecule has 104 valence electrons. The molecule has 2 rings (SSSR count). The quantitative estimate of drug-likeness (QED) is 0.852. The van der Waals surface area contributed by atoms with Crippen LogP contribution in [0.15, 0.2) is 36.4 Å². The molecular weight excluding hydrogens is 284 g/mol. The van der Waals surface area contributed by atoms with Crippen molar-refractivity contribution < 1.29 is 18.6 Å². The third-order valence-electron chi connectivity index (χ3n) is 2.58. The Balaban J connectivity index is 2.36. The fraction of sp³-hybridized carbons (Fsp3) is 0.0714. The van der Waals surface area contributed by atoms with Crippen LogP contribution in [-0.4, -0.2) is 10.1 Å². The Morgan fingerprint density at radius 1 is 1.20 bits per heavy atom. The minimum atomic E-state index is -0.901. The van der Waals surface area contributed by atoms with Crippen molar-refractivity contribution in [2.75, 3.05) is 0 Å². The van der Waals surface area contributed by atoms with Crippen LogP contribution < -0.4 is 10.5 Å². The zero-order valence-corrected chi connectivity index (χ0v) is 11.1. The van der Waals surface area contributed by atoms with Gasteiger partial charge in [-0.05, 0) is 29.8 Å². The van der Waals surface area contributed by atoms with Crippen molar-refractivity contribution >= 4 is 17.2 Å². The van der Waals surface area contributed by atoms with Crippen LogP contribution in [0.3, 0.4) is 0 Å². The number of thiocarbonyl (C=S) groups is 1. The third kappa shape index (κ3) is 3.09. The first-order valence-corrected chi connectivity index (χ1v) is 6.08. The molecule has 0 aliphatic rings. The molecule has 0 amide bonds. The topological polar surface area (TPSA) is 55.5 Å². The monoisotopic (exact) mass is 295 g/mol. The first-order valence-electron chi connectivity index (χ1n) is 5.67. The molecule has 0 fully saturated rings. The van der Waals surface area contributed by atoms with E-state index in [-0.39, 0.29) is 22.9 Å². The molecule has 0 radical (unpaired) electrons. The van der Waals surface area contributed by atoms with Crippen LogP contribution in [0.4, 0.5) is 8.78 Å². The molecule has 0 aliphatic heterocycles. The molecule has 3 nitrogen and oxygen atoms in total. The molecule has 2 aromatic rings. The number of aliphatic hydroxyl groups excluding tert-OH is 1. The molecule has 0 heterocycles. The maximum atomic E-state index is 13.8. The number of benzene rings is 2. The average molecular weight is 295 g/mol. The molecule has 20 heavy (non-hydrogen) atoms. The van der Waals surface area contributed by atoms with E-state index in [1.165, 1.54) is 12.1 Å². The minimum absolute atomic E-state index is 0.0893. The smallest absolute Gasteiger partial charge is 0.198 e. The lowest BCUT2D eigenvalue weighted by molar-refractivity contribution is 0.281. The Morgan fingerprint density at radius 3 is 2.40 bits per heavy atom. The summed E-state index contributed by atoms with van der Waals surface area (Å²) in [6.45, 7) is -0.192. The fourth-order valence-electron chi connectivity index (χ4n) is 1.62. The van der Waals surface area contributed by atoms with Crippen LogP contribution in [0.25, 0.3) is 0 Å². The molecule has 0 spiro atoms. The van der Waals surface area contributed by atoms with Crippen molar-refractivity contribution in [3.8, 4) is 11.5 Å². The van der Waals surface area contributed by atoms with Gasteiger partial charge in [0.25, 0.3) is 0 Å². The highest BCUT2D eigenvalue weighted by Gasteiger charge is 2.15. The molecule has 0 saturated heterocycles. The van der Waals surface area contributed by atoms with E-state index in [0.717, 1.165) is 12.1 Å². The fourth-order valence-corrected chi connectivity index (χ4v) is 1.74. The Labute approximate surface area is 119 Å². The van der Waals surface area contributed by atoms with Gasteiger partial charge in [0.15, 0.2) is 17.4 Å². The molecule has 0 aromatic heterocycles. The summed E-state index contributed by atoms with van der Waals surface area (Å²) in [7, 11) is 0. The second kappa shape index (κ2) is 5.94. The summed E-state index contributed by atoms with van der Waals surface area (Å²) < 4.78 is 32.8. The summed E-state index contributed by atoms with van der Waals surface area (Å²) >= 11 is 4.66. The summed E-state index contributed by atoms with van der Waals surface area (Å²) in [5, 5.41) is 9.00. The summed E-state index contributed by atoms with van der Waals surface area (Å²) in [5.74, 6) is -2.12. The van der Waals surface area contributed by atoms with E-state index in [2.05, 4.69) is 12.2 Å². The van der Waals surface area contributed by atoms with Gasteiger partial charge in [-0.25, -0.2) is 8.78 Å². The van der Waals surface area contributed by atoms with E-state index < -0.39 is 17.4 Å². The molecule has 6 heteroatoms. The first kappa shape index (κ1) is 14.4.